The zero-order valence-corrected chi connectivity index (χ0v) is 29.3. The van der Waals surface area contributed by atoms with Crippen LogP contribution in [0.2, 0.25) is 0 Å². The van der Waals surface area contributed by atoms with Crippen LogP contribution in [0.1, 0.15) is 62.3 Å². The molecule has 1 aliphatic carbocycles. The van der Waals surface area contributed by atoms with Gasteiger partial charge in [-0.15, -0.1) is 54.1 Å². The minimum atomic E-state index is 0. The Morgan fingerprint density at radius 3 is 2.57 bits per heavy atom. The maximum atomic E-state index is 6.04. The molecular formula is C41H36IrN4O-2. The molecule has 5 nitrogen and oxygen atoms in total. The first kappa shape index (κ1) is 31.2. The topological polar surface area (TPSA) is 56.7 Å². The molecule has 0 bridgehead atoms. The van der Waals surface area contributed by atoms with Crippen LogP contribution in [0.4, 0.5) is 0 Å². The Balaban J connectivity index is 0.000000146. The molecule has 7 aromatic rings. The van der Waals surface area contributed by atoms with E-state index in [9.17, 15) is 0 Å². The van der Waals surface area contributed by atoms with Gasteiger partial charge in [-0.3, -0.25) is 4.98 Å². The van der Waals surface area contributed by atoms with E-state index in [1.54, 1.807) is 5.57 Å². The van der Waals surface area contributed by atoms with Crippen molar-refractivity contribution in [3.8, 4) is 22.6 Å². The van der Waals surface area contributed by atoms with Gasteiger partial charge in [-0.25, -0.2) is 4.98 Å². The van der Waals surface area contributed by atoms with Crippen molar-refractivity contribution in [1.29, 1.82) is 0 Å². The van der Waals surface area contributed by atoms with Gasteiger partial charge in [0, 0.05) is 49.5 Å². The molecule has 0 atom stereocenters. The Labute approximate surface area is 289 Å². The second-order valence-corrected chi connectivity index (χ2v) is 12.8. The molecule has 0 unspecified atom stereocenters. The molecule has 237 valence electrons. The molecule has 5 heterocycles. The molecule has 9 rings (SSSR count). The van der Waals surface area contributed by atoms with Gasteiger partial charge in [-0.05, 0) is 67.1 Å². The Kier molecular flexibility index (Phi) is 8.65. The number of nitrogens with zero attached hydrogens (tertiary/aromatic N) is 4. The molecule has 1 fully saturated rings. The standard InChI is InChI=1S/C21H19N2.C20H17N2O.Ir/c1-2-9-16(10-3-1)21-22-19-12-6-11-18-17(15-7-4-5-8-15)13-14-23(21)20(18)19;1-12(2)14-9-10-21-18(11-14)17-6-4-5-15-16-8-7-13(3)22-20(16)23-19(15)17;/h1-3,6,9,11-13,15H,4-5,7-8,14H2;4-5,7-12H,1-3H3;/q2*-1;. The molecule has 0 spiro atoms. The van der Waals surface area contributed by atoms with E-state index in [2.05, 4.69) is 95.1 Å². The van der Waals surface area contributed by atoms with Crippen LogP contribution in [0.25, 0.3) is 61.3 Å². The van der Waals surface area contributed by atoms with Crippen LogP contribution in [-0.2, 0) is 26.7 Å². The molecule has 6 heteroatoms. The van der Waals surface area contributed by atoms with Gasteiger partial charge in [0.25, 0.3) is 0 Å². The summed E-state index contributed by atoms with van der Waals surface area (Å²) in [7, 11) is 0. The first-order valence-corrected chi connectivity index (χ1v) is 16.4. The number of imidazole rings is 1. The van der Waals surface area contributed by atoms with Crippen LogP contribution in [0.3, 0.4) is 0 Å². The average Bonchev–Trinajstić information content (AvgIpc) is 3.84. The second kappa shape index (κ2) is 13.0. The van der Waals surface area contributed by atoms with Crippen LogP contribution >= 0.6 is 0 Å². The summed E-state index contributed by atoms with van der Waals surface area (Å²) < 4.78 is 8.39. The van der Waals surface area contributed by atoms with E-state index in [0.717, 1.165) is 62.7 Å². The van der Waals surface area contributed by atoms with Gasteiger partial charge in [0.05, 0.1) is 22.4 Å². The summed E-state index contributed by atoms with van der Waals surface area (Å²) in [6.45, 7) is 7.25. The Morgan fingerprint density at radius 1 is 0.894 bits per heavy atom. The predicted molar refractivity (Wildman–Crippen MR) is 186 cm³/mol. The number of allylic oxidation sites excluding steroid dienone is 2. The van der Waals surface area contributed by atoms with E-state index in [4.69, 9.17) is 9.40 Å². The molecule has 1 aliphatic heterocycles. The van der Waals surface area contributed by atoms with Crippen LogP contribution in [0.15, 0.2) is 95.6 Å². The summed E-state index contributed by atoms with van der Waals surface area (Å²) in [5.74, 6) is 2.24. The fourth-order valence-electron chi connectivity index (χ4n) is 7.10. The third kappa shape index (κ3) is 5.75. The summed E-state index contributed by atoms with van der Waals surface area (Å²) in [4.78, 5) is 13.9. The number of hydrogen-bond acceptors (Lipinski definition) is 4. The summed E-state index contributed by atoms with van der Waals surface area (Å²) in [5, 5.41) is 2.08. The van der Waals surface area contributed by atoms with Crippen molar-refractivity contribution in [2.24, 2.45) is 5.92 Å². The predicted octanol–water partition coefficient (Wildman–Crippen LogP) is 10.4. The van der Waals surface area contributed by atoms with E-state index >= 15 is 0 Å². The fraction of sp³-hybridized carbons (Fsp3) is 0.244. The quantitative estimate of drug-likeness (QED) is 0.167. The SMILES string of the molecule is Cc1ccc2c(n1)oc1c(-c3cc(C(C)C)ccn3)[c-]ccc12.[Ir].[c-]1ccccc1-c1nc2cccc3c2n1CC=C3C1CCCC1. The minimum absolute atomic E-state index is 0. The molecule has 2 aliphatic rings. The summed E-state index contributed by atoms with van der Waals surface area (Å²) in [6.07, 6.45) is 9.72. The third-order valence-electron chi connectivity index (χ3n) is 9.46. The molecular weight excluding hydrogens is 757 g/mol. The molecule has 1 saturated carbocycles. The average molecular weight is 793 g/mol. The van der Waals surface area contributed by atoms with E-state index in [-0.39, 0.29) is 20.1 Å². The van der Waals surface area contributed by atoms with Gasteiger partial charge in [-0.2, -0.15) is 0 Å². The van der Waals surface area contributed by atoms with Crippen molar-refractivity contribution >= 4 is 38.7 Å². The van der Waals surface area contributed by atoms with E-state index in [0.29, 0.717) is 11.6 Å². The van der Waals surface area contributed by atoms with E-state index in [1.807, 2.05) is 43.5 Å². The van der Waals surface area contributed by atoms with Crippen molar-refractivity contribution in [2.45, 2.75) is 58.9 Å². The number of para-hydroxylation sites is 1. The third-order valence-corrected chi connectivity index (χ3v) is 9.46. The van der Waals surface area contributed by atoms with Crippen molar-refractivity contribution in [2.75, 3.05) is 0 Å². The van der Waals surface area contributed by atoms with Gasteiger partial charge >= 0.3 is 0 Å². The number of pyridine rings is 2. The second-order valence-electron chi connectivity index (χ2n) is 12.8. The fourth-order valence-corrected chi connectivity index (χ4v) is 7.10. The van der Waals surface area contributed by atoms with Crippen LogP contribution in [-0.4, -0.2) is 19.5 Å². The zero-order valence-electron chi connectivity index (χ0n) is 26.9. The smallest absolute Gasteiger partial charge is 0.216 e. The molecule has 0 N–H and O–H groups in total. The summed E-state index contributed by atoms with van der Waals surface area (Å²) in [5.41, 5.74) is 11.9. The number of rotatable bonds is 4. The monoisotopic (exact) mass is 793 g/mol. The van der Waals surface area contributed by atoms with E-state index in [1.165, 1.54) is 42.3 Å². The van der Waals surface area contributed by atoms with Gasteiger partial charge in [0.15, 0.2) is 0 Å². The molecule has 0 amide bonds. The first-order valence-electron chi connectivity index (χ1n) is 16.4. The molecule has 4 aromatic heterocycles. The molecule has 0 saturated heterocycles. The minimum Gasteiger partial charge on any atom is -0.486 e. The number of fused-ring (bicyclic) bond motifs is 3. The number of aromatic nitrogens is 4. The van der Waals surface area contributed by atoms with Crippen LogP contribution in [0, 0.1) is 25.0 Å². The van der Waals surface area contributed by atoms with Crippen LogP contribution in [0.5, 0.6) is 0 Å². The first-order chi connectivity index (χ1) is 22.5. The summed E-state index contributed by atoms with van der Waals surface area (Å²) in [6, 6.07) is 33.5. The Morgan fingerprint density at radius 2 is 1.77 bits per heavy atom. The van der Waals surface area contributed by atoms with Crippen molar-refractivity contribution in [3.63, 3.8) is 0 Å². The van der Waals surface area contributed by atoms with Crippen LogP contribution < -0.4 is 0 Å². The maximum absolute atomic E-state index is 6.04. The number of furan rings is 1. The van der Waals surface area contributed by atoms with Crippen molar-refractivity contribution in [1.82, 2.24) is 19.5 Å². The number of hydrogen-bond donors (Lipinski definition) is 0. The number of benzene rings is 3. The van der Waals surface area contributed by atoms with Gasteiger partial charge in [0.1, 0.15) is 0 Å². The van der Waals surface area contributed by atoms with Crippen molar-refractivity contribution < 1.29 is 24.5 Å². The molecule has 1 radical (unpaired) electrons. The summed E-state index contributed by atoms with van der Waals surface area (Å²) >= 11 is 0. The normalized spacial score (nSPS) is 14.3. The number of aryl methyl sites for hydroxylation is 1. The largest absolute Gasteiger partial charge is 0.486 e. The van der Waals surface area contributed by atoms with Gasteiger partial charge in [-0.1, -0.05) is 67.5 Å². The molecule has 47 heavy (non-hydrogen) atoms. The maximum Gasteiger partial charge on any atom is 0.216 e. The Hall–Kier alpha value is -4.38. The van der Waals surface area contributed by atoms with E-state index < -0.39 is 0 Å². The zero-order chi connectivity index (χ0) is 31.2. The molecule has 3 aromatic carbocycles. The van der Waals surface area contributed by atoms with Gasteiger partial charge in [0.2, 0.25) is 5.71 Å². The van der Waals surface area contributed by atoms with Gasteiger partial charge < -0.3 is 14.0 Å². The van der Waals surface area contributed by atoms with Crippen molar-refractivity contribution in [3.05, 3.63) is 120 Å². The Bertz CT molecular complexity index is 2240.